The molecule has 0 bridgehead atoms. The van der Waals surface area contributed by atoms with Crippen molar-refractivity contribution >= 4 is 20.9 Å². The van der Waals surface area contributed by atoms with Gasteiger partial charge in [-0.15, -0.1) is 10.0 Å². The maximum atomic E-state index is 9.71. The summed E-state index contributed by atoms with van der Waals surface area (Å²) in [6.45, 7) is 4.25. The van der Waals surface area contributed by atoms with Crippen molar-refractivity contribution in [1.82, 2.24) is 4.98 Å². The first-order valence-electron chi connectivity index (χ1n) is 7.56. The minimum atomic E-state index is -1.52. The molecule has 1 heterocycles. The summed E-state index contributed by atoms with van der Waals surface area (Å²) < 4.78 is 5.37. The van der Waals surface area contributed by atoms with E-state index in [4.69, 9.17) is 9.72 Å². The quantitative estimate of drug-likeness (QED) is 0.744. The van der Waals surface area contributed by atoms with E-state index in [0.29, 0.717) is 0 Å². The number of nitrogens with zero attached hydrogens (tertiary/aromatic N) is 2. The Labute approximate surface area is 134 Å². The Kier molecular flexibility index (Phi) is 4.97. The summed E-state index contributed by atoms with van der Waals surface area (Å²) in [7, 11) is 0.146. The van der Waals surface area contributed by atoms with E-state index in [-0.39, 0.29) is 0 Å². The van der Waals surface area contributed by atoms with E-state index in [1.54, 1.807) is 7.11 Å². The smallest absolute Gasteiger partial charge is 0.119 e. The van der Waals surface area contributed by atoms with Crippen molar-refractivity contribution < 1.29 is 4.74 Å². The van der Waals surface area contributed by atoms with Crippen LogP contribution in [0.2, 0.25) is 0 Å². The van der Waals surface area contributed by atoms with Crippen molar-refractivity contribution in [2.75, 3.05) is 19.6 Å². The first kappa shape index (κ1) is 16.6. The van der Waals surface area contributed by atoms with Crippen molar-refractivity contribution in [1.29, 1.82) is 5.26 Å². The maximum Gasteiger partial charge on any atom is 0.119 e. The summed E-state index contributed by atoms with van der Waals surface area (Å²) >= 11 is 0. The molecular weight excluding hydrogens is 292 g/mol. The number of benzene rings is 1. The highest BCUT2D eigenvalue weighted by atomic mass is 32.3. The Bertz CT molecular complexity index is 732. The van der Waals surface area contributed by atoms with E-state index < -0.39 is 10.0 Å². The molecule has 0 radical (unpaired) electrons. The van der Waals surface area contributed by atoms with Gasteiger partial charge in [-0.1, -0.05) is 13.3 Å². The number of thiocyanates is 1. The van der Waals surface area contributed by atoms with Crippen LogP contribution < -0.4 is 4.74 Å². The van der Waals surface area contributed by atoms with Gasteiger partial charge in [0, 0.05) is 16.0 Å². The molecule has 22 heavy (non-hydrogen) atoms. The third-order valence-electron chi connectivity index (χ3n) is 3.97. The average Bonchev–Trinajstić information content (AvgIpc) is 2.51. The lowest BCUT2D eigenvalue weighted by Gasteiger charge is -2.28. The molecule has 2 rings (SSSR count). The molecule has 0 unspecified atom stereocenters. The Hall–Kier alpha value is -1.73. The first-order valence-corrected chi connectivity index (χ1v) is 10.0. The monoisotopic (exact) mass is 316 g/mol. The van der Waals surface area contributed by atoms with Crippen LogP contribution in [0.3, 0.4) is 0 Å². The number of aromatic nitrogens is 1. The highest BCUT2D eigenvalue weighted by Gasteiger charge is 2.23. The number of pyridine rings is 1. The summed E-state index contributed by atoms with van der Waals surface area (Å²) in [6.07, 6.45) is 7.37. The molecule has 0 fully saturated rings. The summed E-state index contributed by atoms with van der Waals surface area (Å²) in [4.78, 5) is 5.95. The van der Waals surface area contributed by atoms with E-state index in [0.717, 1.165) is 41.6 Å². The standard InChI is InChI=1S/C18H24N2OS/c1-6-7-8-15-13(2)20-17-10-9-14(21-3)11-16(17)18(15)22(4,5)12-19/h9-11H,6-8H2,1-5H3. The van der Waals surface area contributed by atoms with Crippen LogP contribution in [-0.4, -0.2) is 24.6 Å². The Morgan fingerprint density at radius 1 is 1.32 bits per heavy atom. The molecule has 0 spiro atoms. The molecule has 2 aromatic rings. The van der Waals surface area contributed by atoms with Crippen LogP contribution in [0.15, 0.2) is 23.1 Å². The molecule has 0 aliphatic carbocycles. The average molecular weight is 316 g/mol. The first-order chi connectivity index (χ1) is 10.4. The Morgan fingerprint density at radius 3 is 2.64 bits per heavy atom. The molecule has 0 amide bonds. The van der Waals surface area contributed by atoms with Crippen LogP contribution >= 0.6 is 10.0 Å². The third kappa shape index (κ3) is 3.05. The summed E-state index contributed by atoms with van der Waals surface area (Å²) in [6, 6.07) is 5.94. The van der Waals surface area contributed by atoms with Crippen molar-refractivity contribution in [3.05, 3.63) is 29.5 Å². The molecule has 0 N–H and O–H groups in total. The molecule has 0 saturated carbocycles. The zero-order valence-corrected chi connectivity index (χ0v) is 14.9. The highest BCUT2D eigenvalue weighted by molar-refractivity contribution is 8.36. The fourth-order valence-corrected chi connectivity index (χ4v) is 4.44. The van der Waals surface area contributed by atoms with Crippen LogP contribution in [0, 0.1) is 17.6 Å². The van der Waals surface area contributed by atoms with Crippen molar-refractivity contribution in [2.45, 2.75) is 38.0 Å². The normalized spacial score (nSPS) is 12.2. The second kappa shape index (κ2) is 6.58. The molecule has 118 valence electrons. The zero-order chi connectivity index (χ0) is 16.3. The van der Waals surface area contributed by atoms with Crippen molar-refractivity contribution in [3.63, 3.8) is 0 Å². The molecular formula is C18H24N2OS. The lowest BCUT2D eigenvalue weighted by atomic mass is 10.0. The van der Waals surface area contributed by atoms with Crippen LogP contribution in [0.1, 0.15) is 31.0 Å². The fourth-order valence-electron chi connectivity index (χ4n) is 2.77. The van der Waals surface area contributed by atoms with E-state index in [1.807, 2.05) is 18.2 Å². The van der Waals surface area contributed by atoms with Crippen LogP contribution in [-0.2, 0) is 6.42 Å². The second-order valence-corrected chi connectivity index (χ2v) is 9.15. The molecule has 1 aromatic carbocycles. The number of unbranched alkanes of at least 4 members (excludes halogenated alkanes) is 1. The number of ether oxygens (including phenoxy) is 1. The molecule has 3 nitrogen and oxygen atoms in total. The number of hydrogen-bond acceptors (Lipinski definition) is 3. The van der Waals surface area contributed by atoms with Gasteiger partial charge in [0.05, 0.1) is 12.6 Å². The lowest BCUT2D eigenvalue weighted by molar-refractivity contribution is 0.415. The molecule has 1 aromatic heterocycles. The van der Waals surface area contributed by atoms with Gasteiger partial charge >= 0.3 is 0 Å². The predicted molar refractivity (Wildman–Crippen MR) is 95.0 cm³/mol. The summed E-state index contributed by atoms with van der Waals surface area (Å²) in [5.41, 5.74) is 3.26. The van der Waals surface area contributed by atoms with Gasteiger partial charge in [-0.2, -0.15) is 5.26 Å². The van der Waals surface area contributed by atoms with Gasteiger partial charge in [0.25, 0.3) is 0 Å². The number of nitriles is 1. The van der Waals surface area contributed by atoms with E-state index >= 15 is 0 Å². The Morgan fingerprint density at radius 2 is 2.05 bits per heavy atom. The molecule has 0 saturated heterocycles. The predicted octanol–water partition coefficient (Wildman–Crippen LogP) is 4.80. The van der Waals surface area contributed by atoms with Crippen LogP contribution in [0.25, 0.3) is 10.9 Å². The highest BCUT2D eigenvalue weighted by Crippen LogP contribution is 2.53. The molecule has 0 aliphatic heterocycles. The van der Waals surface area contributed by atoms with Gasteiger partial charge in [0.2, 0.25) is 0 Å². The van der Waals surface area contributed by atoms with Gasteiger partial charge in [0.15, 0.2) is 0 Å². The maximum absolute atomic E-state index is 9.71. The largest absolute Gasteiger partial charge is 0.497 e. The fraction of sp³-hybridized carbons (Fsp3) is 0.444. The van der Waals surface area contributed by atoms with E-state index in [9.17, 15) is 5.26 Å². The summed E-state index contributed by atoms with van der Waals surface area (Å²) in [5.74, 6) is 0.814. The SMILES string of the molecule is CCCCc1c(C)nc2ccc(OC)cc2c1S(C)(C)C#N. The van der Waals surface area contributed by atoms with Gasteiger partial charge in [-0.05, 0) is 56.0 Å². The number of rotatable bonds is 5. The lowest BCUT2D eigenvalue weighted by Crippen LogP contribution is -2.05. The van der Waals surface area contributed by atoms with Gasteiger partial charge in [-0.3, -0.25) is 4.98 Å². The number of aryl methyl sites for hydroxylation is 1. The zero-order valence-electron chi connectivity index (χ0n) is 14.1. The van der Waals surface area contributed by atoms with Gasteiger partial charge in [-0.25, -0.2) is 0 Å². The third-order valence-corrected chi connectivity index (χ3v) is 5.91. The molecule has 4 heteroatoms. The van der Waals surface area contributed by atoms with Gasteiger partial charge in [0.1, 0.15) is 11.2 Å². The molecule has 0 aliphatic rings. The number of fused-ring (bicyclic) bond motifs is 1. The van der Waals surface area contributed by atoms with Crippen molar-refractivity contribution in [2.24, 2.45) is 0 Å². The van der Waals surface area contributed by atoms with Gasteiger partial charge < -0.3 is 4.74 Å². The van der Waals surface area contributed by atoms with Crippen LogP contribution in [0.5, 0.6) is 5.75 Å². The van der Waals surface area contributed by atoms with Crippen molar-refractivity contribution in [3.8, 4) is 11.2 Å². The number of methoxy groups -OCH3 is 1. The Balaban J connectivity index is 2.83. The van der Waals surface area contributed by atoms with E-state index in [1.165, 1.54) is 10.5 Å². The van der Waals surface area contributed by atoms with Crippen LogP contribution in [0.4, 0.5) is 0 Å². The number of hydrogen-bond donors (Lipinski definition) is 0. The molecule has 0 atom stereocenters. The minimum absolute atomic E-state index is 0.814. The topological polar surface area (TPSA) is 45.9 Å². The summed E-state index contributed by atoms with van der Waals surface area (Å²) in [5, 5.41) is 13.3. The second-order valence-electron chi connectivity index (χ2n) is 5.91. The van der Waals surface area contributed by atoms with E-state index in [2.05, 4.69) is 31.8 Å². The minimum Gasteiger partial charge on any atom is -0.497 e.